The molecule has 0 aromatic heterocycles. The smallest absolute Gasteiger partial charge is 0.270 e. The molecular weight excluding hydrogens is 369 g/mol. The first-order valence-corrected chi connectivity index (χ1v) is 10.5. The van der Waals surface area contributed by atoms with Gasteiger partial charge in [-0.15, -0.1) is 0 Å². The second kappa shape index (κ2) is 9.97. The number of rotatable bonds is 7. The zero-order chi connectivity index (χ0) is 20.1. The van der Waals surface area contributed by atoms with Crippen molar-refractivity contribution in [3.63, 3.8) is 0 Å². The molecule has 1 saturated carbocycles. The third-order valence-electron chi connectivity index (χ3n) is 6.13. The maximum Gasteiger partial charge on any atom is 0.270 e. The molecule has 158 valence electrons. The van der Waals surface area contributed by atoms with Crippen LogP contribution in [0.25, 0.3) is 0 Å². The van der Waals surface area contributed by atoms with E-state index in [1.54, 1.807) is 6.92 Å². The van der Waals surface area contributed by atoms with Crippen LogP contribution in [0.2, 0.25) is 0 Å². The Balaban J connectivity index is 1.61. The fraction of sp³-hybridized carbons (Fsp3) is 0.727. The van der Waals surface area contributed by atoms with Crippen molar-refractivity contribution in [1.29, 1.82) is 0 Å². The van der Waals surface area contributed by atoms with Crippen molar-refractivity contribution in [2.75, 3.05) is 19.8 Å². The largest absolute Gasteiger partial charge is 0.493 e. The van der Waals surface area contributed by atoms with Crippen LogP contribution in [0, 0.1) is 17.7 Å². The SMILES string of the molecule is CCOc1ccc(C2CCC(C3CCC(OCC)CC3)CO2)c(F)c1C(F)F. The van der Waals surface area contributed by atoms with Crippen LogP contribution in [-0.2, 0) is 9.47 Å². The fourth-order valence-electron chi connectivity index (χ4n) is 4.68. The van der Waals surface area contributed by atoms with Gasteiger partial charge < -0.3 is 14.2 Å². The van der Waals surface area contributed by atoms with Crippen LogP contribution in [0.4, 0.5) is 13.2 Å². The first kappa shape index (κ1) is 21.4. The van der Waals surface area contributed by atoms with Gasteiger partial charge in [0, 0.05) is 12.2 Å². The van der Waals surface area contributed by atoms with E-state index in [4.69, 9.17) is 14.2 Å². The van der Waals surface area contributed by atoms with Crippen molar-refractivity contribution in [3.8, 4) is 5.75 Å². The van der Waals surface area contributed by atoms with Gasteiger partial charge >= 0.3 is 0 Å². The summed E-state index contributed by atoms with van der Waals surface area (Å²) in [6.45, 7) is 5.25. The molecule has 3 nitrogen and oxygen atoms in total. The van der Waals surface area contributed by atoms with E-state index >= 15 is 0 Å². The minimum atomic E-state index is -2.92. The molecule has 0 bridgehead atoms. The van der Waals surface area contributed by atoms with Crippen molar-refractivity contribution in [1.82, 2.24) is 0 Å². The van der Waals surface area contributed by atoms with E-state index in [0.717, 1.165) is 38.7 Å². The molecule has 0 radical (unpaired) electrons. The predicted molar refractivity (Wildman–Crippen MR) is 101 cm³/mol. The van der Waals surface area contributed by atoms with Gasteiger partial charge in [0.25, 0.3) is 6.43 Å². The van der Waals surface area contributed by atoms with Gasteiger partial charge in [-0.25, -0.2) is 13.2 Å². The highest BCUT2D eigenvalue weighted by Gasteiger charge is 2.34. The van der Waals surface area contributed by atoms with Crippen molar-refractivity contribution in [2.24, 2.45) is 11.8 Å². The van der Waals surface area contributed by atoms with E-state index in [2.05, 4.69) is 0 Å². The number of alkyl halides is 2. The summed E-state index contributed by atoms with van der Waals surface area (Å²) >= 11 is 0. The van der Waals surface area contributed by atoms with Crippen LogP contribution in [-0.4, -0.2) is 25.9 Å². The van der Waals surface area contributed by atoms with E-state index in [0.29, 0.717) is 31.0 Å². The van der Waals surface area contributed by atoms with Crippen molar-refractivity contribution in [3.05, 3.63) is 29.1 Å². The molecule has 28 heavy (non-hydrogen) atoms. The molecule has 6 heteroatoms. The quantitative estimate of drug-likeness (QED) is 0.543. The van der Waals surface area contributed by atoms with E-state index in [9.17, 15) is 13.2 Å². The zero-order valence-electron chi connectivity index (χ0n) is 16.8. The average Bonchev–Trinajstić information content (AvgIpc) is 2.69. The summed E-state index contributed by atoms with van der Waals surface area (Å²) in [6.07, 6.45) is 3.03. The molecule has 1 heterocycles. The van der Waals surface area contributed by atoms with Gasteiger partial charge in [-0.1, -0.05) is 0 Å². The summed E-state index contributed by atoms with van der Waals surface area (Å²) in [5.74, 6) is 0.0960. The second-order valence-corrected chi connectivity index (χ2v) is 7.77. The molecule has 1 aromatic carbocycles. The van der Waals surface area contributed by atoms with Crippen molar-refractivity contribution >= 4 is 0 Å². The highest BCUT2D eigenvalue weighted by Crippen LogP contribution is 2.42. The van der Waals surface area contributed by atoms with E-state index < -0.39 is 23.9 Å². The van der Waals surface area contributed by atoms with Gasteiger partial charge in [0.15, 0.2) is 0 Å². The third-order valence-corrected chi connectivity index (χ3v) is 6.13. The third kappa shape index (κ3) is 4.82. The molecule has 1 aliphatic carbocycles. The topological polar surface area (TPSA) is 27.7 Å². The summed E-state index contributed by atoms with van der Waals surface area (Å²) in [5.41, 5.74) is -0.434. The lowest BCUT2D eigenvalue weighted by Crippen LogP contribution is -2.31. The standard InChI is InChI=1S/C22H31F3O3/c1-3-26-16-8-5-14(6-9-16)15-7-11-18(28-13-15)17-10-12-19(27-4-2)20(21(17)23)22(24)25/h10,12,14-16,18,22H,3-9,11,13H2,1-2H3. The Labute approximate surface area is 165 Å². The van der Waals surface area contributed by atoms with Gasteiger partial charge in [-0.3, -0.25) is 0 Å². The minimum Gasteiger partial charge on any atom is -0.493 e. The van der Waals surface area contributed by atoms with Gasteiger partial charge in [-0.05, 0) is 76.3 Å². The van der Waals surface area contributed by atoms with E-state index in [-0.39, 0.29) is 17.9 Å². The van der Waals surface area contributed by atoms with Crippen LogP contribution in [0.1, 0.15) is 76.0 Å². The number of halogens is 3. The zero-order valence-corrected chi connectivity index (χ0v) is 16.8. The van der Waals surface area contributed by atoms with E-state index in [1.807, 2.05) is 6.92 Å². The summed E-state index contributed by atoms with van der Waals surface area (Å²) in [4.78, 5) is 0. The molecule has 1 aliphatic heterocycles. The van der Waals surface area contributed by atoms with Crippen LogP contribution in [0.15, 0.2) is 12.1 Å². The molecule has 2 aliphatic rings. The average molecular weight is 400 g/mol. The normalized spacial score (nSPS) is 28.5. The Morgan fingerprint density at radius 3 is 2.29 bits per heavy atom. The minimum absolute atomic E-state index is 0.0847. The molecule has 2 unspecified atom stereocenters. The van der Waals surface area contributed by atoms with Gasteiger partial charge in [-0.2, -0.15) is 0 Å². The maximum atomic E-state index is 14.8. The Bertz CT molecular complexity index is 622. The Hall–Kier alpha value is -1.27. The van der Waals surface area contributed by atoms with E-state index in [1.165, 1.54) is 12.1 Å². The highest BCUT2D eigenvalue weighted by molar-refractivity contribution is 5.40. The summed E-state index contributed by atoms with van der Waals surface area (Å²) < 4.78 is 58.4. The summed E-state index contributed by atoms with van der Waals surface area (Å²) in [6, 6.07) is 2.97. The van der Waals surface area contributed by atoms with Crippen LogP contribution >= 0.6 is 0 Å². The van der Waals surface area contributed by atoms with Gasteiger partial charge in [0.2, 0.25) is 0 Å². The first-order chi connectivity index (χ1) is 13.5. The predicted octanol–water partition coefficient (Wildman–Crippen LogP) is 6.23. The molecule has 2 atom stereocenters. The lowest BCUT2D eigenvalue weighted by molar-refractivity contribution is -0.0509. The summed E-state index contributed by atoms with van der Waals surface area (Å²) in [5, 5.41) is 0. The molecule has 0 amide bonds. The molecule has 1 aromatic rings. The van der Waals surface area contributed by atoms with Gasteiger partial charge in [0.05, 0.1) is 31.0 Å². The molecule has 0 N–H and O–H groups in total. The van der Waals surface area contributed by atoms with Crippen molar-refractivity contribution < 1.29 is 27.4 Å². The first-order valence-electron chi connectivity index (χ1n) is 10.5. The maximum absolute atomic E-state index is 14.8. The Kier molecular flexibility index (Phi) is 7.63. The Morgan fingerprint density at radius 1 is 1.00 bits per heavy atom. The summed E-state index contributed by atoms with van der Waals surface area (Å²) in [7, 11) is 0. The molecule has 1 saturated heterocycles. The molecule has 0 spiro atoms. The number of hydrogen-bond acceptors (Lipinski definition) is 3. The second-order valence-electron chi connectivity index (χ2n) is 7.77. The molecule has 3 rings (SSSR count). The highest BCUT2D eigenvalue weighted by atomic mass is 19.3. The van der Waals surface area contributed by atoms with Crippen LogP contribution < -0.4 is 4.74 Å². The molecule has 2 fully saturated rings. The monoisotopic (exact) mass is 400 g/mol. The van der Waals surface area contributed by atoms with Crippen LogP contribution in [0.3, 0.4) is 0 Å². The lowest BCUT2D eigenvalue weighted by atomic mass is 9.76. The number of benzene rings is 1. The number of hydrogen-bond donors (Lipinski definition) is 0. The van der Waals surface area contributed by atoms with Crippen LogP contribution in [0.5, 0.6) is 5.75 Å². The molecular formula is C22H31F3O3. The Morgan fingerprint density at radius 2 is 1.71 bits per heavy atom. The van der Waals surface area contributed by atoms with Crippen molar-refractivity contribution in [2.45, 2.75) is 71.0 Å². The van der Waals surface area contributed by atoms with Gasteiger partial charge in [0.1, 0.15) is 11.6 Å². The fourth-order valence-corrected chi connectivity index (χ4v) is 4.68. The lowest BCUT2D eigenvalue weighted by Gasteiger charge is -2.38. The number of ether oxygens (including phenoxy) is 3.